The number of hydrogen-bond acceptors (Lipinski definition) is 4. The van der Waals surface area contributed by atoms with Crippen LogP contribution in [0.2, 0.25) is 0 Å². The van der Waals surface area contributed by atoms with Gasteiger partial charge in [0.05, 0.1) is 20.2 Å². The Bertz CT molecular complexity index is 861. The number of aryl methyl sites for hydroxylation is 1. The Morgan fingerprint density at radius 2 is 2.29 bits per heavy atom. The van der Waals surface area contributed by atoms with Crippen LogP contribution in [0, 0.1) is 0 Å². The van der Waals surface area contributed by atoms with E-state index in [-0.39, 0.29) is 11.9 Å². The summed E-state index contributed by atoms with van der Waals surface area (Å²) in [6.45, 7) is 6.63. The lowest BCUT2D eigenvalue weighted by Gasteiger charge is -2.30. The van der Waals surface area contributed by atoms with Crippen LogP contribution in [0.5, 0.6) is 11.5 Å². The normalized spacial score (nSPS) is 20.4. The topological polar surface area (TPSA) is 68.6 Å². The van der Waals surface area contributed by atoms with Gasteiger partial charge in [-0.05, 0) is 38.8 Å². The van der Waals surface area contributed by atoms with E-state index in [1.165, 1.54) is 0 Å². The third-order valence-electron chi connectivity index (χ3n) is 5.44. The Balaban J connectivity index is 1.46. The van der Waals surface area contributed by atoms with E-state index < -0.39 is 5.60 Å². The number of nitrogens with one attached hydrogen (secondary N) is 1. The molecule has 2 aromatic rings. The molecule has 0 radical (unpaired) electrons. The molecule has 0 saturated carbocycles. The zero-order valence-corrected chi connectivity index (χ0v) is 16.8. The first-order chi connectivity index (χ1) is 13.4. The van der Waals surface area contributed by atoms with Crippen molar-refractivity contribution in [3.05, 3.63) is 42.0 Å². The van der Waals surface area contributed by atoms with E-state index in [0.717, 1.165) is 42.3 Å². The molecule has 2 aliphatic rings. The molecule has 1 aromatic heterocycles. The van der Waals surface area contributed by atoms with Crippen LogP contribution in [0.15, 0.2) is 30.6 Å². The SMILES string of the molecule is COc1ccc2c(c1)OC(C)(C)CN(C(=O)NCC1CCCn3ccnc31)C2. The lowest BCUT2D eigenvalue weighted by atomic mass is 9.99. The van der Waals surface area contributed by atoms with E-state index in [1.807, 2.05) is 49.3 Å². The van der Waals surface area contributed by atoms with Gasteiger partial charge in [-0.2, -0.15) is 0 Å². The van der Waals surface area contributed by atoms with Gasteiger partial charge < -0.3 is 24.3 Å². The fourth-order valence-corrected chi connectivity index (χ4v) is 4.10. The lowest BCUT2D eigenvalue weighted by molar-refractivity contribution is 0.0804. The van der Waals surface area contributed by atoms with Crippen molar-refractivity contribution in [2.75, 3.05) is 20.2 Å². The Kier molecular flexibility index (Phi) is 4.91. The minimum Gasteiger partial charge on any atom is -0.497 e. The number of aromatic nitrogens is 2. The minimum atomic E-state index is -0.490. The third-order valence-corrected chi connectivity index (χ3v) is 5.44. The summed E-state index contributed by atoms with van der Waals surface area (Å²) >= 11 is 0. The number of amides is 2. The quantitative estimate of drug-likeness (QED) is 0.883. The average molecular weight is 384 g/mol. The van der Waals surface area contributed by atoms with Crippen molar-refractivity contribution < 1.29 is 14.3 Å². The summed E-state index contributed by atoms with van der Waals surface area (Å²) in [6, 6.07) is 5.69. The van der Waals surface area contributed by atoms with Gasteiger partial charge in [-0.3, -0.25) is 0 Å². The van der Waals surface area contributed by atoms with Crippen molar-refractivity contribution in [1.29, 1.82) is 0 Å². The first kappa shape index (κ1) is 18.7. The Morgan fingerprint density at radius 3 is 3.11 bits per heavy atom. The number of benzene rings is 1. The minimum absolute atomic E-state index is 0.0657. The highest BCUT2D eigenvalue weighted by atomic mass is 16.5. The molecule has 1 atom stereocenters. The van der Waals surface area contributed by atoms with Crippen LogP contribution >= 0.6 is 0 Å². The number of fused-ring (bicyclic) bond motifs is 2. The summed E-state index contributed by atoms with van der Waals surface area (Å²) in [5, 5.41) is 3.13. The molecule has 150 valence electrons. The molecule has 28 heavy (non-hydrogen) atoms. The first-order valence-corrected chi connectivity index (χ1v) is 9.85. The van der Waals surface area contributed by atoms with Crippen molar-refractivity contribution in [1.82, 2.24) is 19.8 Å². The first-order valence-electron chi connectivity index (χ1n) is 9.85. The molecular formula is C21H28N4O3. The smallest absolute Gasteiger partial charge is 0.317 e. The van der Waals surface area contributed by atoms with Crippen molar-refractivity contribution in [3.8, 4) is 11.5 Å². The van der Waals surface area contributed by atoms with Crippen molar-refractivity contribution in [2.24, 2.45) is 0 Å². The maximum Gasteiger partial charge on any atom is 0.317 e. The molecule has 3 heterocycles. The number of rotatable bonds is 3. The van der Waals surface area contributed by atoms with E-state index in [0.29, 0.717) is 19.6 Å². The molecule has 1 N–H and O–H groups in total. The lowest BCUT2D eigenvalue weighted by Crippen LogP contribution is -2.48. The number of urea groups is 1. The van der Waals surface area contributed by atoms with Crippen molar-refractivity contribution in [2.45, 2.75) is 51.3 Å². The molecule has 0 spiro atoms. The van der Waals surface area contributed by atoms with Gasteiger partial charge in [-0.1, -0.05) is 0 Å². The molecule has 7 nitrogen and oxygen atoms in total. The summed E-state index contributed by atoms with van der Waals surface area (Å²) in [7, 11) is 1.64. The Morgan fingerprint density at radius 1 is 1.43 bits per heavy atom. The van der Waals surface area contributed by atoms with Gasteiger partial charge in [0, 0.05) is 43.0 Å². The molecule has 2 amide bonds. The molecule has 2 aliphatic heterocycles. The van der Waals surface area contributed by atoms with Gasteiger partial charge in [0.2, 0.25) is 0 Å². The summed E-state index contributed by atoms with van der Waals surface area (Å²) < 4.78 is 13.7. The summed E-state index contributed by atoms with van der Waals surface area (Å²) in [5.41, 5.74) is 0.491. The highest BCUT2D eigenvalue weighted by Crippen LogP contribution is 2.32. The summed E-state index contributed by atoms with van der Waals surface area (Å²) in [6.07, 6.45) is 6.02. The van der Waals surface area contributed by atoms with E-state index in [9.17, 15) is 4.79 Å². The maximum absolute atomic E-state index is 13.0. The third kappa shape index (κ3) is 3.79. The molecule has 7 heteroatoms. The zero-order valence-electron chi connectivity index (χ0n) is 16.8. The van der Waals surface area contributed by atoms with Crippen LogP contribution in [0.4, 0.5) is 4.79 Å². The second-order valence-corrected chi connectivity index (χ2v) is 8.20. The monoisotopic (exact) mass is 384 g/mol. The number of carbonyl (C=O) groups is 1. The van der Waals surface area contributed by atoms with Crippen molar-refractivity contribution >= 4 is 6.03 Å². The van der Waals surface area contributed by atoms with E-state index >= 15 is 0 Å². The van der Waals surface area contributed by atoms with Crippen LogP contribution in [-0.2, 0) is 13.1 Å². The van der Waals surface area contributed by atoms with E-state index in [4.69, 9.17) is 9.47 Å². The number of hydrogen-bond donors (Lipinski definition) is 1. The van der Waals surface area contributed by atoms with Gasteiger partial charge in [0.1, 0.15) is 22.9 Å². The second kappa shape index (κ2) is 7.37. The average Bonchev–Trinajstić information content (AvgIpc) is 3.10. The number of ether oxygens (including phenoxy) is 2. The van der Waals surface area contributed by atoms with Gasteiger partial charge in [0.15, 0.2) is 0 Å². The molecule has 0 fully saturated rings. The van der Waals surface area contributed by atoms with E-state index in [1.54, 1.807) is 7.11 Å². The van der Waals surface area contributed by atoms with Crippen LogP contribution < -0.4 is 14.8 Å². The highest BCUT2D eigenvalue weighted by Gasteiger charge is 2.32. The number of carbonyl (C=O) groups excluding carboxylic acids is 1. The Hall–Kier alpha value is -2.70. The van der Waals surface area contributed by atoms with Gasteiger partial charge in [-0.15, -0.1) is 0 Å². The Labute approximate surface area is 165 Å². The van der Waals surface area contributed by atoms with Gasteiger partial charge in [0.25, 0.3) is 0 Å². The maximum atomic E-state index is 13.0. The molecule has 0 bridgehead atoms. The number of methoxy groups -OCH3 is 1. The molecule has 1 unspecified atom stereocenters. The van der Waals surface area contributed by atoms with E-state index in [2.05, 4.69) is 14.9 Å². The standard InChI is InChI=1S/C21H28N4O3/c1-21(2)14-25(13-16-6-7-17(27-3)11-18(16)28-21)20(26)23-12-15-5-4-9-24-10-8-22-19(15)24/h6-8,10-11,15H,4-5,9,12-14H2,1-3H3,(H,23,26). The van der Waals surface area contributed by atoms with Crippen LogP contribution in [0.1, 0.15) is 44.0 Å². The highest BCUT2D eigenvalue weighted by molar-refractivity contribution is 5.74. The fraction of sp³-hybridized carbons (Fsp3) is 0.524. The molecule has 0 saturated heterocycles. The van der Waals surface area contributed by atoms with Crippen LogP contribution in [0.25, 0.3) is 0 Å². The molecule has 4 rings (SSSR count). The largest absolute Gasteiger partial charge is 0.497 e. The predicted molar refractivity (Wildman–Crippen MR) is 106 cm³/mol. The molecule has 1 aromatic carbocycles. The predicted octanol–water partition coefficient (Wildman–Crippen LogP) is 3.15. The van der Waals surface area contributed by atoms with Crippen molar-refractivity contribution in [3.63, 3.8) is 0 Å². The van der Waals surface area contributed by atoms with Gasteiger partial charge >= 0.3 is 6.03 Å². The molecule has 0 aliphatic carbocycles. The number of nitrogens with zero attached hydrogens (tertiary/aromatic N) is 3. The molecular weight excluding hydrogens is 356 g/mol. The summed E-state index contributed by atoms with van der Waals surface area (Å²) in [4.78, 5) is 19.3. The summed E-state index contributed by atoms with van der Waals surface area (Å²) in [5.74, 6) is 2.86. The number of imidazole rings is 1. The van der Waals surface area contributed by atoms with Gasteiger partial charge in [-0.25, -0.2) is 9.78 Å². The second-order valence-electron chi connectivity index (χ2n) is 8.20. The van der Waals surface area contributed by atoms with Crippen LogP contribution in [0.3, 0.4) is 0 Å². The fourth-order valence-electron chi connectivity index (χ4n) is 4.10. The zero-order chi connectivity index (χ0) is 19.7. The van der Waals surface area contributed by atoms with Crippen LogP contribution in [-0.4, -0.2) is 46.3 Å².